The maximum absolute atomic E-state index is 10.2. The number of nitrogens with zero attached hydrogens (tertiary/aromatic N) is 2. The largest absolute Gasteiger partial charge is 0.235 e. The molecule has 0 heterocycles. The van der Waals surface area contributed by atoms with Crippen LogP contribution in [0, 0.1) is 0 Å². The third kappa shape index (κ3) is 3.77. The molecule has 0 saturated heterocycles. The Morgan fingerprint density at radius 1 is 1.00 bits per heavy atom. The number of benzene rings is 1. The number of hydrogen-bond acceptors (Lipinski definition) is 4. The second kappa shape index (κ2) is 6.06. The molecule has 0 bridgehead atoms. The highest BCUT2D eigenvalue weighted by Crippen LogP contribution is 2.25. The van der Waals surface area contributed by atoms with Crippen LogP contribution in [0.15, 0.2) is 28.2 Å². The molecule has 1 aromatic rings. The molecule has 0 atom stereocenters. The first-order valence-corrected chi connectivity index (χ1v) is 5.68. The molecule has 0 aromatic heterocycles. The van der Waals surface area contributed by atoms with Crippen molar-refractivity contribution in [3.8, 4) is 0 Å². The van der Waals surface area contributed by atoms with Crippen LogP contribution in [0.3, 0.4) is 0 Å². The molecule has 4 heteroatoms. The van der Waals surface area contributed by atoms with Gasteiger partial charge in [0.1, 0.15) is 0 Å². The SMILES string of the molecule is CC(C)(C)c1ccc(CN=C=O)c(CN=C=O)c1. The van der Waals surface area contributed by atoms with Gasteiger partial charge in [0, 0.05) is 0 Å². The molecule has 0 spiro atoms. The van der Waals surface area contributed by atoms with Crippen LogP contribution in [-0.2, 0) is 28.1 Å². The first-order valence-electron chi connectivity index (χ1n) is 5.68. The summed E-state index contributed by atoms with van der Waals surface area (Å²) in [7, 11) is 0. The summed E-state index contributed by atoms with van der Waals surface area (Å²) in [4.78, 5) is 27.5. The normalized spacial score (nSPS) is 10.4. The van der Waals surface area contributed by atoms with E-state index in [0.29, 0.717) is 0 Å². The van der Waals surface area contributed by atoms with Crippen LogP contribution >= 0.6 is 0 Å². The Morgan fingerprint density at radius 3 is 2.06 bits per heavy atom. The molecule has 18 heavy (non-hydrogen) atoms. The lowest BCUT2D eigenvalue weighted by Gasteiger charge is -2.20. The second-order valence-corrected chi connectivity index (χ2v) is 5.05. The van der Waals surface area contributed by atoms with E-state index >= 15 is 0 Å². The summed E-state index contributed by atoms with van der Waals surface area (Å²) in [5.41, 5.74) is 2.94. The van der Waals surface area contributed by atoms with Gasteiger partial charge in [0.2, 0.25) is 12.2 Å². The zero-order valence-corrected chi connectivity index (χ0v) is 10.9. The highest BCUT2D eigenvalue weighted by atomic mass is 16.1. The predicted octanol–water partition coefficient (Wildman–Crippen LogP) is 2.66. The number of carbonyl (C=O) groups excluding carboxylic acids is 2. The maximum Gasteiger partial charge on any atom is 0.235 e. The van der Waals surface area contributed by atoms with E-state index in [9.17, 15) is 9.59 Å². The lowest BCUT2D eigenvalue weighted by molar-refractivity contribution is 0.561. The van der Waals surface area contributed by atoms with E-state index in [-0.39, 0.29) is 18.5 Å². The minimum atomic E-state index is 0.0199. The van der Waals surface area contributed by atoms with Crippen LogP contribution in [0.4, 0.5) is 0 Å². The number of hydrogen-bond donors (Lipinski definition) is 0. The van der Waals surface area contributed by atoms with Gasteiger partial charge in [-0.05, 0) is 22.1 Å². The Hall–Kier alpha value is -2.02. The molecule has 0 radical (unpaired) electrons. The van der Waals surface area contributed by atoms with Gasteiger partial charge in [0.15, 0.2) is 0 Å². The highest BCUT2D eigenvalue weighted by Gasteiger charge is 2.15. The zero-order chi connectivity index (χ0) is 13.6. The van der Waals surface area contributed by atoms with Gasteiger partial charge in [-0.25, -0.2) is 19.6 Å². The summed E-state index contributed by atoms with van der Waals surface area (Å²) >= 11 is 0. The number of rotatable bonds is 4. The lowest BCUT2D eigenvalue weighted by Crippen LogP contribution is -2.12. The van der Waals surface area contributed by atoms with Crippen molar-refractivity contribution in [2.24, 2.45) is 9.98 Å². The van der Waals surface area contributed by atoms with E-state index < -0.39 is 0 Å². The summed E-state index contributed by atoms with van der Waals surface area (Å²) in [6.07, 6.45) is 3.04. The van der Waals surface area contributed by atoms with E-state index in [1.54, 1.807) is 0 Å². The van der Waals surface area contributed by atoms with Gasteiger partial charge in [-0.2, -0.15) is 0 Å². The molecular formula is C14H16N2O2. The van der Waals surface area contributed by atoms with Crippen molar-refractivity contribution < 1.29 is 9.59 Å². The molecule has 0 saturated carbocycles. The van der Waals surface area contributed by atoms with Gasteiger partial charge < -0.3 is 0 Å². The Kier molecular flexibility index (Phi) is 4.73. The fourth-order valence-corrected chi connectivity index (χ4v) is 1.63. The van der Waals surface area contributed by atoms with Crippen molar-refractivity contribution in [3.05, 3.63) is 34.9 Å². The molecule has 0 N–H and O–H groups in total. The molecule has 1 aromatic carbocycles. The molecule has 0 aliphatic heterocycles. The van der Waals surface area contributed by atoms with Crippen molar-refractivity contribution >= 4 is 12.2 Å². The Labute approximate surface area is 106 Å². The molecule has 0 fully saturated rings. The van der Waals surface area contributed by atoms with Crippen molar-refractivity contribution in [3.63, 3.8) is 0 Å². The monoisotopic (exact) mass is 244 g/mol. The molecule has 0 aliphatic carbocycles. The van der Waals surface area contributed by atoms with Crippen LogP contribution in [0.1, 0.15) is 37.5 Å². The summed E-state index contributed by atoms with van der Waals surface area (Å²) in [6, 6.07) is 5.91. The topological polar surface area (TPSA) is 58.9 Å². The molecule has 4 nitrogen and oxygen atoms in total. The quantitative estimate of drug-likeness (QED) is 0.604. The fourth-order valence-electron chi connectivity index (χ4n) is 1.63. The van der Waals surface area contributed by atoms with Crippen molar-refractivity contribution in [2.75, 3.05) is 0 Å². The standard InChI is InChI=1S/C14H16N2O2/c1-14(2,3)13-5-4-11(7-15-9-17)12(6-13)8-16-10-18/h4-6H,7-8H2,1-3H3. The van der Waals surface area contributed by atoms with Gasteiger partial charge in [-0.1, -0.05) is 39.0 Å². The van der Waals surface area contributed by atoms with E-state index in [1.165, 1.54) is 12.2 Å². The summed E-state index contributed by atoms with van der Waals surface area (Å²) in [6.45, 7) is 6.85. The molecule has 1 rings (SSSR count). The first-order chi connectivity index (χ1) is 8.49. The minimum Gasteiger partial charge on any atom is -0.211 e. The van der Waals surface area contributed by atoms with Crippen molar-refractivity contribution in [2.45, 2.75) is 39.3 Å². The predicted molar refractivity (Wildman–Crippen MR) is 68.8 cm³/mol. The summed E-state index contributed by atoms with van der Waals surface area (Å²) < 4.78 is 0. The van der Waals surface area contributed by atoms with Crippen LogP contribution in [0.25, 0.3) is 0 Å². The summed E-state index contributed by atoms with van der Waals surface area (Å²) in [5, 5.41) is 0. The maximum atomic E-state index is 10.2. The van der Waals surface area contributed by atoms with E-state index in [4.69, 9.17) is 0 Å². The highest BCUT2D eigenvalue weighted by molar-refractivity contribution is 5.40. The van der Waals surface area contributed by atoms with E-state index in [1.807, 2.05) is 18.2 Å². The molecule has 0 amide bonds. The van der Waals surface area contributed by atoms with E-state index in [0.717, 1.165) is 16.7 Å². The van der Waals surface area contributed by atoms with Gasteiger partial charge in [-0.15, -0.1) is 0 Å². The van der Waals surface area contributed by atoms with Crippen molar-refractivity contribution in [1.82, 2.24) is 0 Å². The molecular weight excluding hydrogens is 228 g/mol. The minimum absolute atomic E-state index is 0.0199. The van der Waals surface area contributed by atoms with Gasteiger partial charge in [0.25, 0.3) is 0 Å². The van der Waals surface area contributed by atoms with Crippen LogP contribution in [-0.4, -0.2) is 12.2 Å². The Balaban J connectivity index is 3.18. The van der Waals surface area contributed by atoms with Crippen LogP contribution < -0.4 is 0 Å². The third-order valence-corrected chi connectivity index (χ3v) is 2.70. The number of isocyanates is 2. The Morgan fingerprint density at radius 2 is 1.56 bits per heavy atom. The number of aliphatic imine (C=N–C) groups is 2. The average molecular weight is 244 g/mol. The second-order valence-electron chi connectivity index (χ2n) is 5.05. The third-order valence-electron chi connectivity index (χ3n) is 2.70. The zero-order valence-electron chi connectivity index (χ0n) is 10.9. The average Bonchev–Trinajstić information content (AvgIpc) is 2.33. The Bertz CT molecular complexity index is 517. The van der Waals surface area contributed by atoms with Crippen LogP contribution in [0.5, 0.6) is 0 Å². The van der Waals surface area contributed by atoms with Crippen molar-refractivity contribution in [1.29, 1.82) is 0 Å². The smallest absolute Gasteiger partial charge is 0.211 e. The summed E-state index contributed by atoms with van der Waals surface area (Å²) in [5.74, 6) is 0. The first kappa shape index (κ1) is 14.0. The molecule has 0 aliphatic rings. The van der Waals surface area contributed by atoms with Crippen LogP contribution in [0.2, 0.25) is 0 Å². The lowest BCUT2D eigenvalue weighted by atomic mass is 9.85. The van der Waals surface area contributed by atoms with E-state index in [2.05, 4.69) is 30.8 Å². The fraction of sp³-hybridized carbons (Fsp3) is 0.429. The van der Waals surface area contributed by atoms with Gasteiger partial charge in [0.05, 0.1) is 13.1 Å². The van der Waals surface area contributed by atoms with Gasteiger partial charge in [-0.3, -0.25) is 0 Å². The molecule has 94 valence electrons. The molecule has 0 unspecified atom stereocenters. The van der Waals surface area contributed by atoms with Gasteiger partial charge >= 0.3 is 0 Å².